The number of amides is 1. The van der Waals surface area contributed by atoms with Crippen LogP contribution in [0.1, 0.15) is 46.4 Å². The Morgan fingerprint density at radius 2 is 1.83 bits per heavy atom. The molecule has 2 aromatic rings. The lowest BCUT2D eigenvalue weighted by Crippen LogP contribution is -2.28. The van der Waals surface area contributed by atoms with Crippen LogP contribution >= 0.6 is 0 Å². The highest BCUT2D eigenvalue weighted by Crippen LogP contribution is 2.33. The summed E-state index contributed by atoms with van der Waals surface area (Å²) in [4.78, 5) is 25.3. The van der Waals surface area contributed by atoms with Crippen molar-refractivity contribution in [1.29, 1.82) is 0 Å². The fourth-order valence-corrected chi connectivity index (χ4v) is 3.09. The van der Waals surface area contributed by atoms with E-state index in [9.17, 15) is 9.59 Å². The number of hydrogen-bond donors (Lipinski definition) is 1. The summed E-state index contributed by atoms with van der Waals surface area (Å²) in [5.74, 6) is -0.799. The van der Waals surface area contributed by atoms with Gasteiger partial charge in [0.05, 0.1) is 11.6 Å². The van der Waals surface area contributed by atoms with Gasteiger partial charge in [-0.2, -0.15) is 0 Å². The summed E-state index contributed by atoms with van der Waals surface area (Å²) in [6, 6.07) is 15.0. The van der Waals surface area contributed by atoms with E-state index in [1.807, 2.05) is 17.0 Å². The van der Waals surface area contributed by atoms with E-state index in [0.29, 0.717) is 19.4 Å². The lowest BCUT2D eigenvalue weighted by atomic mass is 10.1. The summed E-state index contributed by atoms with van der Waals surface area (Å²) in [5.41, 5.74) is 3.70. The first kappa shape index (κ1) is 15.3. The van der Waals surface area contributed by atoms with Gasteiger partial charge in [0.25, 0.3) is 0 Å². The second-order valence-electron chi connectivity index (χ2n) is 5.90. The van der Waals surface area contributed by atoms with Crippen molar-refractivity contribution in [3.63, 3.8) is 0 Å². The van der Waals surface area contributed by atoms with Crippen molar-refractivity contribution in [2.45, 2.75) is 32.4 Å². The average molecular weight is 309 g/mol. The molecular formula is C19H19NO3. The molecule has 118 valence electrons. The fraction of sp³-hybridized carbons (Fsp3) is 0.263. The second kappa shape index (κ2) is 6.24. The van der Waals surface area contributed by atoms with Crippen LogP contribution in [-0.4, -0.2) is 21.9 Å². The third-order valence-electron chi connectivity index (χ3n) is 4.46. The largest absolute Gasteiger partial charge is 0.478 e. The first-order valence-corrected chi connectivity index (χ1v) is 7.76. The fourth-order valence-electron chi connectivity index (χ4n) is 3.09. The van der Waals surface area contributed by atoms with E-state index in [1.165, 1.54) is 11.1 Å². The molecule has 0 aromatic heterocycles. The maximum absolute atomic E-state index is 12.5. The van der Waals surface area contributed by atoms with Crippen molar-refractivity contribution < 1.29 is 14.7 Å². The molecular weight excluding hydrogens is 290 g/mol. The van der Waals surface area contributed by atoms with Crippen molar-refractivity contribution in [2.24, 2.45) is 0 Å². The quantitative estimate of drug-likeness (QED) is 0.941. The highest BCUT2D eigenvalue weighted by Gasteiger charge is 2.29. The van der Waals surface area contributed by atoms with Gasteiger partial charge in [-0.25, -0.2) is 4.79 Å². The van der Waals surface area contributed by atoms with Crippen molar-refractivity contribution in [2.75, 3.05) is 0 Å². The van der Waals surface area contributed by atoms with Crippen molar-refractivity contribution in [1.82, 2.24) is 4.90 Å². The van der Waals surface area contributed by atoms with Crippen LogP contribution in [0.15, 0.2) is 48.5 Å². The topological polar surface area (TPSA) is 57.6 Å². The van der Waals surface area contributed by atoms with Gasteiger partial charge in [0, 0.05) is 13.0 Å². The molecule has 1 aliphatic heterocycles. The molecule has 1 heterocycles. The molecule has 4 heteroatoms. The predicted molar refractivity (Wildman–Crippen MR) is 87.1 cm³/mol. The third kappa shape index (κ3) is 3.11. The van der Waals surface area contributed by atoms with Crippen molar-refractivity contribution in [3.8, 4) is 0 Å². The van der Waals surface area contributed by atoms with E-state index < -0.39 is 5.97 Å². The van der Waals surface area contributed by atoms with Gasteiger partial charge >= 0.3 is 5.97 Å². The molecule has 1 atom stereocenters. The normalized spacial score (nSPS) is 16.2. The van der Waals surface area contributed by atoms with Crippen LogP contribution in [0, 0.1) is 0 Å². The number of rotatable bonds is 4. The Morgan fingerprint density at radius 3 is 2.48 bits per heavy atom. The number of carboxylic acids is 1. The number of fused-ring (bicyclic) bond motifs is 1. The van der Waals surface area contributed by atoms with E-state index in [-0.39, 0.29) is 17.5 Å². The summed E-state index contributed by atoms with van der Waals surface area (Å²) in [5, 5.41) is 8.89. The number of carboxylic acid groups (broad SMARTS) is 1. The Bertz CT molecular complexity index is 737. The Hall–Kier alpha value is -2.62. The van der Waals surface area contributed by atoms with Gasteiger partial charge < -0.3 is 10.0 Å². The number of nitrogens with zero attached hydrogens (tertiary/aromatic N) is 1. The third-order valence-corrected chi connectivity index (χ3v) is 4.46. The minimum Gasteiger partial charge on any atom is -0.478 e. The van der Waals surface area contributed by atoms with Crippen molar-refractivity contribution in [3.05, 3.63) is 70.8 Å². The minimum absolute atomic E-state index is 0.119. The Morgan fingerprint density at radius 1 is 1.13 bits per heavy atom. The van der Waals surface area contributed by atoms with Gasteiger partial charge in [-0.15, -0.1) is 0 Å². The molecule has 2 aromatic carbocycles. The number of carbonyl (C=O) groups is 2. The highest BCUT2D eigenvalue weighted by atomic mass is 16.4. The molecule has 0 aliphatic carbocycles. The van der Waals surface area contributed by atoms with Gasteiger partial charge in [-0.1, -0.05) is 36.4 Å². The molecule has 0 saturated carbocycles. The van der Waals surface area contributed by atoms with Gasteiger partial charge in [-0.05, 0) is 42.2 Å². The predicted octanol–water partition coefficient (Wildman–Crippen LogP) is 3.42. The number of aryl methyl sites for hydroxylation is 1. The smallest absolute Gasteiger partial charge is 0.335 e. The standard InChI is InChI=1S/C19H19NO3/c1-13-17-5-3-2-4-16(17)12-20(13)18(21)11-8-14-6-9-15(10-7-14)19(22)23/h2-7,9-10,13H,8,11-12H2,1H3,(H,22,23)/t13-/m1/s1. The van der Waals surface area contributed by atoms with E-state index in [4.69, 9.17) is 5.11 Å². The molecule has 1 aliphatic rings. The summed E-state index contributed by atoms with van der Waals surface area (Å²) in [6.07, 6.45) is 1.06. The van der Waals surface area contributed by atoms with E-state index in [2.05, 4.69) is 19.1 Å². The molecule has 3 rings (SSSR count). The molecule has 0 spiro atoms. The van der Waals surface area contributed by atoms with Crippen LogP contribution < -0.4 is 0 Å². The van der Waals surface area contributed by atoms with E-state index in [0.717, 1.165) is 5.56 Å². The minimum atomic E-state index is -0.934. The summed E-state index contributed by atoms with van der Waals surface area (Å²) >= 11 is 0. The Kier molecular flexibility index (Phi) is 4.15. The molecule has 4 nitrogen and oxygen atoms in total. The first-order valence-electron chi connectivity index (χ1n) is 7.76. The van der Waals surface area contributed by atoms with Gasteiger partial charge in [-0.3, -0.25) is 4.79 Å². The van der Waals surface area contributed by atoms with Gasteiger partial charge in [0.1, 0.15) is 0 Å². The molecule has 23 heavy (non-hydrogen) atoms. The number of hydrogen-bond acceptors (Lipinski definition) is 2. The van der Waals surface area contributed by atoms with Crippen LogP contribution in [0.3, 0.4) is 0 Å². The van der Waals surface area contributed by atoms with Gasteiger partial charge in [0.15, 0.2) is 0 Å². The SMILES string of the molecule is C[C@@H]1c2ccccc2CN1C(=O)CCc1ccc(C(=O)O)cc1. The lowest BCUT2D eigenvalue weighted by Gasteiger charge is -2.22. The molecule has 0 unspecified atom stereocenters. The van der Waals surface area contributed by atoms with E-state index in [1.54, 1.807) is 24.3 Å². The molecule has 1 N–H and O–H groups in total. The maximum atomic E-state index is 12.5. The Balaban J connectivity index is 1.61. The molecule has 0 bridgehead atoms. The second-order valence-corrected chi connectivity index (χ2v) is 5.90. The zero-order valence-electron chi connectivity index (χ0n) is 13.0. The zero-order valence-corrected chi connectivity index (χ0v) is 13.0. The lowest BCUT2D eigenvalue weighted by molar-refractivity contribution is -0.133. The van der Waals surface area contributed by atoms with Crippen molar-refractivity contribution >= 4 is 11.9 Å². The van der Waals surface area contributed by atoms with E-state index >= 15 is 0 Å². The summed E-state index contributed by atoms with van der Waals surface area (Å²) < 4.78 is 0. The molecule has 0 saturated heterocycles. The van der Waals surface area contributed by atoms with Crippen LogP contribution in [0.2, 0.25) is 0 Å². The molecule has 0 fully saturated rings. The van der Waals surface area contributed by atoms with Crippen LogP contribution in [0.4, 0.5) is 0 Å². The number of aromatic carboxylic acids is 1. The number of benzene rings is 2. The van der Waals surface area contributed by atoms with Crippen LogP contribution in [-0.2, 0) is 17.8 Å². The number of carbonyl (C=O) groups excluding carboxylic acids is 1. The molecule has 0 radical (unpaired) electrons. The molecule has 1 amide bonds. The highest BCUT2D eigenvalue weighted by molar-refractivity contribution is 5.87. The van der Waals surface area contributed by atoms with Gasteiger partial charge in [0.2, 0.25) is 5.91 Å². The zero-order chi connectivity index (χ0) is 16.4. The Labute approximate surface area is 135 Å². The first-order chi connectivity index (χ1) is 11.1. The van der Waals surface area contributed by atoms with Crippen LogP contribution in [0.25, 0.3) is 0 Å². The average Bonchev–Trinajstić information content (AvgIpc) is 2.90. The maximum Gasteiger partial charge on any atom is 0.335 e. The summed E-state index contributed by atoms with van der Waals surface area (Å²) in [7, 11) is 0. The monoisotopic (exact) mass is 309 g/mol. The summed E-state index contributed by atoms with van der Waals surface area (Å²) in [6.45, 7) is 2.74. The van der Waals surface area contributed by atoms with Crippen LogP contribution in [0.5, 0.6) is 0 Å².